The van der Waals surface area contributed by atoms with E-state index in [9.17, 15) is 9.59 Å². The third-order valence-corrected chi connectivity index (χ3v) is 4.06. The molecule has 110 valence electrons. The van der Waals surface area contributed by atoms with Crippen LogP contribution in [0.15, 0.2) is 18.2 Å². The number of rotatable bonds is 6. The lowest BCUT2D eigenvalue weighted by atomic mass is 10.2. The van der Waals surface area contributed by atoms with Gasteiger partial charge in [-0.1, -0.05) is 18.5 Å². The van der Waals surface area contributed by atoms with Gasteiger partial charge in [-0.2, -0.15) is 11.8 Å². The highest BCUT2D eigenvalue weighted by molar-refractivity contribution is 7.99. The first-order chi connectivity index (χ1) is 9.43. The van der Waals surface area contributed by atoms with E-state index in [0.717, 1.165) is 6.42 Å². The van der Waals surface area contributed by atoms with E-state index in [1.54, 1.807) is 11.8 Å². The number of thioether (sulfide) groups is 1. The standard InChI is InChI=1S/C13H17ClN2O3S/c1-8(20-2)5-6-15-13(19)16-11-4-3-9(12(17)18)7-10(11)14/h3-4,7-8H,5-6H2,1-2H3,(H,17,18)(H2,15,16,19). The number of nitrogens with one attached hydrogen (secondary N) is 2. The fourth-order valence-electron chi connectivity index (χ4n) is 1.42. The van der Waals surface area contributed by atoms with Gasteiger partial charge >= 0.3 is 12.0 Å². The molecule has 0 saturated carbocycles. The van der Waals surface area contributed by atoms with Gasteiger partial charge < -0.3 is 15.7 Å². The van der Waals surface area contributed by atoms with Gasteiger partial charge in [0.05, 0.1) is 16.3 Å². The van der Waals surface area contributed by atoms with E-state index in [2.05, 4.69) is 17.6 Å². The first-order valence-electron chi connectivity index (χ1n) is 6.04. The van der Waals surface area contributed by atoms with E-state index in [0.29, 0.717) is 17.5 Å². The molecule has 1 rings (SSSR count). The number of halogens is 1. The lowest BCUT2D eigenvalue weighted by Gasteiger charge is -2.11. The molecule has 1 aromatic rings. The second-order valence-corrected chi connectivity index (χ2v) is 5.90. The van der Waals surface area contributed by atoms with Crippen LogP contribution in [0, 0.1) is 0 Å². The topological polar surface area (TPSA) is 78.4 Å². The third kappa shape index (κ3) is 5.30. The largest absolute Gasteiger partial charge is 0.478 e. The monoisotopic (exact) mass is 316 g/mol. The average molecular weight is 317 g/mol. The lowest BCUT2D eigenvalue weighted by molar-refractivity contribution is 0.0697. The molecule has 20 heavy (non-hydrogen) atoms. The number of carboxylic acids is 1. The van der Waals surface area contributed by atoms with E-state index in [-0.39, 0.29) is 16.6 Å². The van der Waals surface area contributed by atoms with Crippen LogP contribution in [0.25, 0.3) is 0 Å². The summed E-state index contributed by atoms with van der Waals surface area (Å²) in [5, 5.41) is 14.8. The lowest BCUT2D eigenvalue weighted by Crippen LogP contribution is -2.30. The summed E-state index contributed by atoms with van der Waals surface area (Å²) in [6.07, 6.45) is 2.90. The Morgan fingerprint density at radius 3 is 2.70 bits per heavy atom. The number of carbonyl (C=O) groups excluding carboxylic acids is 1. The molecule has 1 atom stereocenters. The van der Waals surface area contributed by atoms with Crippen LogP contribution in [-0.4, -0.2) is 35.2 Å². The van der Waals surface area contributed by atoms with Gasteiger partial charge in [-0.05, 0) is 30.9 Å². The number of benzene rings is 1. The summed E-state index contributed by atoms with van der Waals surface area (Å²) in [5.74, 6) is -1.06. The molecule has 1 unspecified atom stereocenters. The maximum atomic E-state index is 11.6. The molecule has 0 aliphatic rings. The third-order valence-electron chi connectivity index (χ3n) is 2.70. The zero-order valence-corrected chi connectivity index (χ0v) is 12.8. The fourth-order valence-corrected chi connectivity index (χ4v) is 2.00. The van der Waals surface area contributed by atoms with Gasteiger partial charge in [-0.3, -0.25) is 0 Å². The summed E-state index contributed by atoms with van der Waals surface area (Å²) in [7, 11) is 0. The molecule has 0 aromatic heterocycles. The Labute approximate surface area is 127 Å². The number of carboxylic acid groups (broad SMARTS) is 1. The minimum atomic E-state index is -1.06. The number of anilines is 1. The number of urea groups is 1. The molecule has 0 spiro atoms. The molecule has 0 heterocycles. The average Bonchev–Trinajstić information content (AvgIpc) is 2.40. The van der Waals surface area contributed by atoms with Crippen LogP contribution < -0.4 is 10.6 Å². The Balaban J connectivity index is 2.52. The van der Waals surface area contributed by atoms with Crippen molar-refractivity contribution in [2.45, 2.75) is 18.6 Å². The van der Waals surface area contributed by atoms with Gasteiger partial charge in [0.2, 0.25) is 0 Å². The normalized spacial score (nSPS) is 11.8. The molecule has 0 radical (unpaired) electrons. The first kappa shape index (κ1) is 16.7. The molecule has 0 fully saturated rings. The second-order valence-electron chi connectivity index (χ2n) is 4.22. The molecule has 2 amide bonds. The molecule has 0 saturated heterocycles. The summed E-state index contributed by atoms with van der Waals surface area (Å²) in [6.45, 7) is 2.66. The van der Waals surface area contributed by atoms with Crippen molar-refractivity contribution in [3.05, 3.63) is 28.8 Å². The van der Waals surface area contributed by atoms with Crippen LogP contribution in [0.4, 0.5) is 10.5 Å². The van der Waals surface area contributed by atoms with Gasteiger partial charge in [-0.15, -0.1) is 0 Å². The van der Waals surface area contributed by atoms with E-state index < -0.39 is 5.97 Å². The maximum absolute atomic E-state index is 11.6. The quantitative estimate of drug-likeness (QED) is 0.752. The predicted molar refractivity (Wildman–Crippen MR) is 83.0 cm³/mol. The Kier molecular flexibility index (Phi) is 6.67. The highest BCUT2D eigenvalue weighted by atomic mass is 35.5. The molecule has 7 heteroatoms. The maximum Gasteiger partial charge on any atom is 0.335 e. The Morgan fingerprint density at radius 1 is 1.45 bits per heavy atom. The zero-order chi connectivity index (χ0) is 15.1. The molecule has 0 bridgehead atoms. The highest BCUT2D eigenvalue weighted by Crippen LogP contribution is 2.23. The van der Waals surface area contributed by atoms with E-state index in [4.69, 9.17) is 16.7 Å². The van der Waals surface area contributed by atoms with Crippen molar-refractivity contribution in [2.75, 3.05) is 18.1 Å². The van der Waals surface area contributed by atoms with Gasteiger partial charge in [-0.25, -0.2) is 9.59 Å². The predicted octanol–water partition coefficient (Wildman–Crippen LogP) is 3.30. The van der Waals surface area contributed by atoms with E-state index >= 15 is 0 Å². The SMILES string of the molecule is CSC(C)CCNC(=O)Nc1ccc(C(=O)O)cc1Cl. The van der Waals surface area contributed by atoms with Gasteiger partial charge in [0, 0.05) is 11.8 Å². The summed E-state index contributed by atoms with van der Waals surface area (Å²) < 4.78 is 0. The highest BCUT2D eigenvalue weighted by Gasteiger charge is 2.09. The summed E-state index contributed by atoms with van der Waals surface area (Å²) >= 11 is 7.65. The number of hydrogen-bond donors (Lipinski definition) is 3. The van der Waals surface area contributed by atoms with Crippen LogP contribution in [0.2, 0.25) is 5.02 Å². The van der Waals surface area contributed by atoms with Crippen molar-refractivity contribution in [3.63, 3.8) is 0 Å². The van der Waals surface area contributed by atoms with Crippen molar-refractivity contribution in [3.8, 4) is 0 Å². The second kappa shape index (κ2) is 8.01. The molecular formula is C13H17ClN2O3S. The van der Waals surface area contributed by atoms with Crippen molar-refractivity contribution < 1.29 is 14.7 Å². The van der Waals surface area contributed by atoms with Crippen LogP contribution >= 0.6 is 23.4 Å². The van der Waals surface area contributed by atoms with Crippen LogP contribution in [0.3, 0.4) is 0 Å². The van der Waals surface area contributed by atoms with Gasteiger partial charge in [0.25, 0.3) is 0 Å². The van der Waals surface area contributed by atoms with Crippen molar-refractivity contribution >= 4 is 41.1 Å². The van der Waals surface area contributed by atoms with Gasteiger partial charge in [0.1, 0.15) is 0 Å². The Hall–Kier alpha value is -1.40. The minimum Gasteiger partial charge on any atom is -0.478 e. The molecule has 3 N–H and O–H groups in total. The molecule has 0 aliphatic heterocycles. The molecular weight excluding hydrogens is 300 g/mol. The van der Waals surface area contributed by atoms with Crippen LogP contribution in [0.1, 0.15) is 23.7 Å². The van der Waals surface area contributed by atoms with Crippen LogP contribution in [0.5, 0.6) is 0 Å². The van der Waals surface area contributed by atoms with E-state index in [1.807, 2.05) is 6.26 Å². The van der Waals surface area contributed by atoms with Crippen molar-refractivity contribution in [1.29, 1.82) is 0 Å². The minimum absolute atomic E-state index is 0.0785. The van der Waals surface area contributed by atoms with E-state index in [1.165, 1.54) is 18.2 Å². The molecule has 5 nitrogen and oxygen atoms in total. The summed E-state index contributed by atoms with van der Waals surface area (Å²) in [5.41, 5.74) is 0.460. The summed E-state index contributed by atoms with van der Waals surface area (Å²) in [6, 6.07) is 3.80. The molecule has 1 aromatic carbocycles. The van der Waals surface area contributed by atoms with Crippen molar-refractivity contribution in [1.82, 2.24) is 5.32 Å². The van der Waals surface area contributed by atoms with Gasteiger partial charge in [0.15, 0.2) is 0 Å². The zero-order valence-electron chi connectivity index (χ0n) is 11.3. The number of aromatic carboxylic acids is 1. The molecule has 0 aliphatic carbocycles. The number of carbonyl (C=O) groups is 2. The summed E-state index contributed by atoms with van der Waals surface area (Å²) in [4.78, 5) is 22.4. The van der Waals surface area contributed by atoms with Crippen LogP contribution in [-0.2, 0) is 0 Å². The smallest absolute Gasteiger partial charge is 0.335 e. The fraction of sp³-hybridized carbons (Fsp3) is 0.385. The first-order valence-corrected chi connectivity index (χ1v) is 7.71. The Bertz CT molecular complexity index is 497. The number of hydrogen-bond acceptors (Lipinski definition) is 3. The Morgan fingerprint density at radius 2 is 2.15 bits per heavy atom. The van der Waals surface area contributed by atoms with Crippen molar-refractivity contribution in [2.24, 2.45) is 0 Å². The number of amides is 2.